The molecular formula is C17H19Cl2NO. The standard InChI is InChI=1S/C17H19Cl2NO/c1-12(10-13-6-2-4-8-15(13)18)20-11-17(21)14-7-3-5-9-16(14)19/h2-9,12,17,20-21H,10-11H2,1H3/t12-,17+/m1/s1. The molecule has 2 aromatic carbocycles. The van der Waals surface area contributed by atoms with Gasteiger partial charge < -0.3 is 10.4 Å². The topological polar surface area (TPSA) is 32.3 Å². The number of hydrogen-bond donors (Lipinski definition) is 2. The molecular weight excluding hydrogens is 305 g/mol. The van der Waals surface area contributed by atoms with E-state index in [9.17, 15) is 5.11 Å². The maximum Gasteiger partial charge on any atom is 0.0928 e. The zero-order valence-corrected chi connectivity index (χ0v) is 13.4. The van der Waals surface area contributed by atoms with Gasteiger partial charge >= 0.3 is 0 Å². The van der Waals surface area contributed by atoms with Crippen LogP contribution >= 0.6 is 23.2 Å². The van der Waals surface area contributed by atoms with Gasteiger partial charge in [0.2, 0.25) is 0 Å². The normalized spacial score (nSPS) is 13.9. The van der Waals surface area contributed by atoms with Gasteiger partial charge in [0.25, 0.3) is 0 Å². The molecule has 112 valence electrons. The van der Waals surface area contributed by atoms with Crippen LogP contribution in [0.25, 0.3) is 0 Å². The van der Waals surface area contributed by atoms with Crippen molar-refractivity contribution < 1.29 is 5.11 Å². The molecule has 0 heterocycles. The fourth-order valence-corrected chi connectivity index (χ4v) is 2.71. The van der Waals surface area contributed by atoms with Crippen molar-refractivity contribution in [2.24, 2.45) is 0 Å². The van der Waals surface area contributed by atoms with E-state index >= 15 is 0 Å². The molecule has 0 saturated carbocycles. The highest BCUT2D eigenvalue weighted by atomic mass is 35.5. The minimum absolute atomic E-state index is 0.210. The monoisotopic (exact) mass is 323 g/mol. The number of hydrogen-bond acceptors (Lipinski definition) is 2. The molecule has 0 fully saturated rings. The molecule has 21 heavy (non-hydrogen) atoms. The lowest BCUT2D eigenvalue weighted by Crippen LogP contribution is -2.32. The third kappa shape index (κ3) is 4.72. The summed E-state index contributed by atoms with van der Waals surface area (Å²) in [6.45, 7) is 2.53. The Labute approximate surface area is 135 Å². The molecule has 0 bridgehead atoms. The van der Waals surface area contributed by atoms with Crippen molar-refractivity contribution in [3.05, 3.63) is 69.7 Å². The van der Waals surface area contributed by atoms with Crippen molar-refractivity contribution in [2.75, 3.05) is 6.54 Å². The molecule has 0 aliphatic heterocycles. The van der Waals surface area contributed by atoms with Crippen LogP contribution in [0, 0.1) is 0 Å². The lowest BCUT2D eigenvalue weighted by molar-refractivity contribution is 0.170. The highest BCUT2D eigenvalue weighted by Crippen LogP contribution is 2.22. The number of benzene rings is 2. The Morgan fingerprint density at radius 2 is 1.62 bits per heavy atom. The van der Waals surface area contributed by atoms with Crippen LogP contribution in [0.2, 0.25) is 10.0 Å². The summed E-state index contributed by atoms with van der Waals surface area (Å²) in [6, 6.07) is 15.4. The first-order chi connectivity index (χ1) is 10.1. The highest BCUT2D eigenvalue weighted by Gasteiger charge is 2.13. The number of rotatable bonds is 6. The van der Waals surface area contributed by atoms with Gasteiger partial charge in [0.1, 0.15) is 0 Å². The second-order valence-electron chi connectivity index (χ2n) is 5.14. The predicted molar refractivity (Wildman–Crippen MR) is 89.0 cm³/mol. The maximum atomic E-state index is 10.2. The van der Waals surface area contributed by atoms with Gasteiger partial charge in [0.15, 0.2) is 0 Å². The highest BCUT2D eigenvalue weighted by molar-refractivity contribution is 6.31. The molecule has 2 rings (SSSR count). The molecule has 0 saturated heterocycles. The van der Waals surface area contributed by atoms with Crippen LogP contribution in [0.3, 0.4) is 0 Å². The molecule has 2 aromatic rings. The quantitative estimate of drug-likeness (QED) is 0.833. The minimum Gasteiger partial charge on any atom is -0.387 e. The smallest absolute Gasteiger partial charge is 0.0928 e. The van der Waals surface area contributed by atoms with Crippen molar-refractivity contribution in [3.63, 3.8) is 0 Å². The van der Waals surface area contributed by atoms with E-state index in [2.05, 4.69) is 12.2 Å². The Kier molecular flexibility index (Phi) is 6.07. The van der Waals surface area contributed by atoms with Gasteiger partial charge in [0.05, 0.1) is 6.10 Å². The van der Waals surface area contributed by atoms with E-state index in [1.54, 1.807) is 6.07 Å². The first kappa shape index (κ1) is 16.3. The van der Waals surface area contributed by atoms with E-state index in [-0.39, 0.29) is 6.04 Å². The van der Waals surface area contributed by atoms with E-state index in [0.29, 0.717) is 11.6 Å². The summed E-state index contributed by atoms with van der Waals surface area (Å²) in [5.74, 6) is 0. The Hall–Kier alpha value is -1.06. The molecule has 2 N–H and O–H groups in total. The van der Waals surface area contributed by atoms with Crippen LogP contribution in [0.1, 0.15) is 24.2 Å². The average Bonchev–Trinajstić information content (AvgIpc) is 2.48. The molecule has 0 aliphatic carbocycles. The summed E-state index contributed by atoms with van der Waals surface area (Å²) in [4.78, 5) is 0. The molecule has 0 spiro atoms. The Bertz CT molecular complexity index is 589. The van der Waals surface area contributed by atoms with E-state index in [1.165, 1.54) is 0 Å². The van der Waals surface area contributed by atoms with Crippen LogP contribution in [0.15, 0.2) is 48.5 Å². The summed E-state index contributed by atoms with van der Waals surface area (Å²) < 4.78 is 0. The summed E-state index contributed by atoms with van der Waals surface area (Å²) >= 11 is 12.2. The lowest BCUT2D eigenvalue weighted by atomic mass is 10.1. The number of aliphatic hydroxyl groups is 1. The molecule has 2 atom stereocenters. The summed E-state index contributed by atoms with van der Waals surface area (Å²) in [5, 5.41) is 14.9. The first-order valence-electron chi connectivity index (χ1n) is 6.97. The third-order valence-corrected chi connectivity index (χ3v) is 4.12. The van der Waals surface area contributed by atoms with Crippen molar-refractivity contribution in [2.45, 2.75) is 25.5 Å². The second-order valence-corrected chi connectivity index (χ2v) is 5.96. The van der Waals surface area contributed by atoms with Crippen LogP contribution in [-0.4, -0.2) is 17.7 Å². The van der Waals surface area contributed by atoms with E-state index < -0.39 is 6.10 Å². The van der Waals surface area contributed by atoms with Crippen molar-refractivity contribution in [1.82, 2.24) is 5.32 Å². The van der Waals surface area contributed by atoms with Gasteiger partial charge in [-0.3, -0.25) is 0 Å². The van der Waals surface area contributed by atoms with E-state index in [0.717, 1.165) is 22.6 Å². The molecule has 4 heteroatoms. The number of nitrogens with one attached hydrogen (secondary N) is 1. The molecule has 0 aliphatic rings. The van der Waals surface area contributed by atoms with E-state index in [4.69, 9.17) is 23.2 Å². The van der Waals surface area contributed by atoms with Crippen LogP contribution in [-0.2, 0) is 6.42 Å². The maximum absolute atomic E-state index is 10.2. The Morgan fingerprint density at radius 3 is 2.29 bits per heavy atom. The van der Waals surface area contributed by atoms with Gasteiger partial charge in [-0.1, -0.05) is 59.6 Å². The molecule has 0 radical (unpaired) electrons. The Morgan fingerprint density at radius 1 is 1.00 bits per heavy atom. The average molecular weight is 324 g/mol. The minimum atomic E-state index is -0.618. The number of halogens is 2. The van der Waals surface area contributed by atoms with Crippen molar-refractivity contribution in [1.29, 1.82) is 0 Å². The van der Waals surface area contributed by atoms with E-state index in [1.807, 2.05) is 42.5 Å². The van der Waals surface area contributed by atoms with Gasteiger partial charge in [-0.05, 0) is 31.0 Å². The Balaban J connectivity index is 1.88. The second kappa shape index (κ2) is 7.81. The summed E-state index contributed by atoms with van der Waals surface area (Å²) in [5.41, 5.74) is 1.85. The van der Waals surface area contributed by atoms with Crippen molar-refractivity contribution in [3.8, 4) is 0 Å². The first-order valence-corrected chi connectivity index (χ1v) is 7.73. The fraction of sp³-hybridized carbons (Fsp3) is 0.294. The zero-order chi connectivity index (χ0) is 15.2. The van der Waals surface area contributed by atoms with Crippen LogP contribution in [0.5, 0.6) is 0 Å². The zero-order valence-electron chi connectivity index (χ0n) is 11.9. The fourth-order valence-electron chi connectivity index (χ4n) is 2.23. The van der Waals surface area contributed by atoms with Gasteiger partial charge in [-0.2, -0.15) is 0 Å². The molecule has 0 aromatic heterocycles. The molecule has 0 unspecified atom stereocenters. The predicted octanol–water partition coefficient (Wildman–Crippen LogP) is 4.25. The molecule has 0 amide bonds. The van der Waals surface area contributed by atoms with Gasteiger partial charge in [0, 0.05) is 28.2 Å². The lowest BCUT2D eigenvalue weighted by Gasteiger charge is -2.18. The number of aliphatic hydroxyl groups excluding tert-OH is 1. The largest absolute Gasteiger partial charge is 0.387 e. The van der Waals surface area contributed by atoms with Gasteiger partial charge in [-0.25, -0.2) is 0 Å². The van der Waals surface area contributed by atoms with Gasteiger partial charge in [-0.15, -0.1) is 0 Å². The molecule has 2 nitrogen and oxygen atoms in total. The SMILES string of the molecule is C[C@H](Cc1ccccc1Cl)NC[C@H](O)c1ccccc1Cl. The summed E-state index contributed by atoms with van der Waals surface area (Å²) in [6.07, 6.45) is 0.196. The van der Waals surface area contributed by atoms with Crippen molar-refractivity contribution >= 4 is 23.2 Å². The summed E-state index contributed by atoms with van der Waals surface area (Å²) in [7, 11) is 0. The van der Waals surface area contributed by atoms with Crippen LogP contribution < -0.4 is 5.32 Å². The van der Waals surface area contributed by atoms with Crippen LogP contribution in [0.4, 0.5) is 0 Å². The third-order valence-electron chi connectivity index (χ3n) is 3.41.